The average molecular weight is 456 g/mol. The highest BCUT2D eigenvalue weighted by molar-refractivity contribution is 7.80. The molecule has 0 heterocycles. The van der Waals surface area contributed by atoms with Crippen LogP contribution in [0.4, 0.5) is 11.4 Å². The number of ether oxygens (including phenoxy) is 1. The van der Waals surface area contributed by atoms with Gasteiger partial charge in [-0.1, -0.05) is 54.1 Å². The number of nitrogens with zero attached hydrogens (tertiary/aromatic N) is 1. The van der Waals surface area contributed by atoms with Gasteiger partial charge in [-0.05, 0) is 42.0 Å². The van der Waals surface area contributed by atoms with Gasteiger partial charge in [0.2, 0.25) is 0 Å². The normalized spacial score (nSPS) is 10.2. The van der Waals surface area contributed by atoms with Crippen molar-refractivity contribution in [2.45, 2.75) is 6.42 Å². The third kappa shape index (κ3) is 6.24. The van der Waals surface area contributed by atoms with Gasteiger partial charge < -0.3 is 10.1 Å². The number of nitro benzene ring substituents is 1. The van der Waals surface area contributed by atoms with Crippen molar-refractivity contribution >= 4 is 46.2 Å². The van der Waals surface area contributed by atoms with E-state index >= 15 is 0 Å². The van der Waals surface area contributed by atoms with E-state index in [0.29, 0.717) is 30.0 Å². The number of para-hydroxylation sites is 1. The molecular formula is C22H18ClN3O4S. The number of halogens is 1. The summed E-state index contributed by atoms with van der Waals surface area (Å²) in [7, 11) is 0. The Morgan fingerprint density at radius 2 is 1.77 bits per heavy atom. The molecule has 158 valence electrons. The largest absolute Gasteiger partial charge is 0.492 e. The van der Waals surface area contributed by atoms with Gasteiger partial charge in [0.15, 0.2) is 5.11 Å². The molecule has 2 N–H and O–H groups in total. The van der Waals surface area contributed by atoms with E-state index in [0.717, 1.165) is 5.56 Å². The summed E-state index contributed by atoms with van der Waals surface area (Å²) in [4.78, 5) is 23.1. The molecular weight excluding hydrogens is 438 g/mol. The number of benzene rings is 3. The number of nitro groups is 1. The average Bonchev–Trinajstić information content (AvgIpc) is 2.76. The Morgan fingerprint density at radius 1 is 1.06 bits per heavy atom. The van der Waals surface area contributed by atoms with Crippen LogP contribution in [0.5, 0.6) is 5.75 Å². The van der Waals surface area contributed by atoms with Gasteiger partial charge in [0.05, 0.1) is 17.1 Å². The van der Waals surface area contributed by atoms with Crippen molar-refractivity contribution in [2.75, 3.05) is 11.9 Å². The highest BCUT2D eigenvalue weighted by Gasteiger charge is 2.16. The molecule has 0 saturated heterocycles. The van der Waals surface area contributed by atoms with Crippen LogP contribution in [0.25, 0.3) is 0 Å². The molecule has 0 saturated carbocycles. The predicted octanol–water partition coefficient (Wildman–Crippen LogP) is 5.00. The van der Waals surface area contributed by atoms with Gasteiger partial charge in [0.25, 0.3) is 11.6 Å². The summed E-state index contributed by atoms with van der Waals surface area (Å²) in [6.07, 6.45) is 0.701. The van der Waals surface area contributed by atoms with E-state index < -0.39 is 10.8 Å². The van der Waals surface area contributed by atoms with Crippen LogP contribution < -0.4 is 15.4 Å². The summed E-state index contributed by atoms with van der Waals surface area (Å²) in [5.41, 5.74) is 1.51. The molecule has 3 rings (SSSR count). The number of nitrogens with one attached hydrogen (secondary N) is 2. The summed E-state index contributed by atoms with van der Waals surface area (Å²) in [5, 5.41) is 16.3. The highest BCUT2D eigenvalue weighted by Crippen LogP contribution is 2.27. The Kier molecular flexibility index (Phi) is 7.53. The molecule has 3 aromatic rings. The van der Waals surface area contributed by atoms with E-state index in [4.69, 9.17) is 28.6 Å². The van der Waals surface area contributed by atoms with Crippen molar-refractivity contribution in [3.05, 3.63) is 99.1 Å². The summed E-state index contributed by atoms with van der Waals surface area (Å²) in [6.45, 7) is 0.408. The van der Waals surface area contributed by atoms with Crippen LogP contribution >= 0.6 is 23.8 Å². The van der Waals surface area contributed by atoms with E-state index in [1.165, 1.54) is 18.2 Å². The molecule has 3 aromatic carbocycles. The third-order valence-electron chi connectivity index (χ3n) is 4.25. The Hall–Kier alpha value is -3.49. The van der Waals surface area contributed by atoms with E-state index in [-0.39, 0.29) is 15.8 Å². The monoisotopic (exact) mass is 455 g/mol. The van der Waals surface area contributed by atoms with Crippen LogP contribution in [0.2, 0.25) is 5.02 Å². The summed E-state index contributed by atoms with van der Waals surface area (Å²) in [5.74, 6) is -0.0304. The minimum Gasteiger partial charge on any atom is -0.492 e. The third-order valence-corrected chi connectivity index (χ3v) is 4.77. The predicted molar refractivity (Wildman–Crippen MR) is 124 cm³/mol. The number of amides is 1. The second kappa shape index (κ2) is 10.5. The van der Waals surface area contributed by atoms with E-state index in [9.17, 15) is 14.9 Å². The fourth-order valence-electron chi connectivity index (χ4n) is 2.77. The molecule has 0 radical (unpaired) electrons. The smallest absolute Gasteiger partial charge is 0.289 e. The molecule has 0 aliphatic carbocycles. The lowest BCUT2D eigenvalue weighted by atomic mass is 10.1. The van der Waals surface area contributed by atoms with Gasteiger partial charge in [0.1, 0.15) is 10.8 Å². The lowest BCUT2D eigenvalue weighted by Gasteiger charge is -2.13. The molecule has 0 aliphatic rings. The number of hydrogen-bond acceptors (Lipinski definition) is 5. The Morgan fingerprint density at radius 3 is 2.52 bits per heavy atom. The van der Waals surface area contributed by atoms with E-state index in [2.05, 4.69) is 10.6 Å². The van der Waals surface area contributed by atoms with Crippen molar-refractivity contribution < 1.29 is 14.5 Å². The fraction of sp³-hybridized carbons (Fsp3) is 0.0909. The van der Waals surface area contributed by atoms with Gasteiger partial charge in [-0.3, -0.25) is 20.2 Å². The van der Waals surface area contributed by atoms with Crippen molar-refractivity contribution in [2.24, 2.45) is 0 Å². The number of rotatable bonds is 7. The van der Waals surface area contributed by atoms with Crippen LogP contribution in [-0.2, 0) is 6.42 Å². The second-order valence-electron chi connectivity index (χ2n) is 6.41. The van der Waals surface area contributed by atoms with Crippen molar-refractivity contribution in [1.29, 1.82) is 0 Å². The number of anilines is 1. The van der Waals surface area contributed by atoms with Gasteiger partial charge in [-0.2, -0.15) is 0 Å². The molecule has 0 aromatic heterocycles. The lowest BCUT2D eigenvalue weighted by Crippen LogP contribution is -2.34. The number of carbonyl (C=O) groups excluding carboxylic acids is 1. The van der Waals surface area contributed by atoms with Crippen molar-refractivity contribution in [1.82, 2.24) is 5.32 Å². The lowest BCUT2D eigenvalue weighted by molar-refractivity contribution is -0.384. The quantitative estimate of drug-likeness (QED) is 0.296. The maximum Gasteiger partial charge on any atom is 0.289 e. The molecule has 31 heavy (non-hydrogen) atoms. The summed E-state index contributed by atoms with van der Waals surface area (Å²) < 4.78 is 5.80. The maximum atomic E-state index is 12.7. The molecule has 0 spiro atoms. The van der Waals surface area contributed by atoms with Crippen LogP contribution in [0.3, 0.4) is 0 Å². The molecule has 1 amide bonds. The first-order valence-electron chi connectivity index (χ1n) is 9.26. The molecule has 0 fully saturated rings. The topological polar surface area (TPSA) is 93.5 Å². The molecule has 0 unspecified atom stereocenters. The zero-order chi connectivity index (χ0) is 22.2. The molecule has 0 atom stereocenters. The van der Waals surface area contributed by atoms with Crippen molar-refractivity contribution in [3.63, 3.8) is 0 Å². The molecule has 0 bridgehead atoms. The Balaban J connectivity index is 1.62. The van der Waals surface area contributed by atoms with Gasteiger partial charge >= 0.3 is 0 Å². The first-order valence-corrected chi connectivity index (χ1v) is 10.0. The highest BCUT2D eigenvalue weighted by atomic mass is 35.5. The van der Waals surface area contributed by atoms with E-state index in [1.54, 1.807) is 24.3 Å². The number of carbonyl (C=O) groups is 1. The van der Waals surface area contributed by atoms with E-state index in [1.807, 2.05) is 30.3 Å². The molecule has 7 nitrogen and oxygen atoms in total. The van der Waals surface area contributed by atoms with Gasteiger partial charge in [0, 0.05) is 18.2 Å². The van der Waals surface area contributed by atoms with Gasteiger partial charge in [-0.15, -0.1) is 0 Å². The number of thiocarbonyl (C=S) groups is 1. The fourth-order valence-corrected chi connectivity index (χ4v) is 3.16. The minimum absolute atomic E-state index is 0.00656. The van der Waals surface area contributed by atoms with Crippen LogP contribution in [0.1, 0.15) is 15.9 Å². The summed E-state index contributed by atoms with van der Waals surface area (Å²) >= 11 is 11.0. The SMILES string of the molecule is O=C(NC(=S)Nc1ccc(Cl)c([N+](=O)[O-])c1)c1ccccc1OCCc1ccccc1. The van der Waals surface area contributed by atoms with Crippen LogP contribution in [-0.4, -0.2) is 22.5 Å². The molecule has 0 aliphatic heterocycles. The zero-order valence-electron chi connectivity index (χ0n) is 16.2. The second-order valence-corrected chi connectivity index (χ2v) is 7.23. The minimum atomic E-state index is -0.599. The Labute approximate surface area is 189 Å². The van der Waals surface area contributed by atoms with Crippen LogP contribution in [0.15, 0.2) is 72.8 Å². The molecule has 9 heteroatoms. The zero-order valence-corrected chi connectivity index (χ0v) is 17.8. The van der Waals surface area contributed by atoms with Crippen LogP contribution in [0, 0.1) is 10.1 Å². The first kappa shape index (κ1) is 22.2. The Bertz CT molecular complexity index is 1110. The van der Waals surface area contributed by atoms with Gasteiger partial charge in [-0.25, -0.2) is 0 Å². The standard InChI is InChI=1S/C22H18ClN3O4S/c23-18-11-10-16(14-19(18)26(28)29)24-22(31)25-21(27)17-8-4-5-9-20(17)30-13-12-15-6-2-1-3-7-15/h1-11,14H,12-13H2,(H2,24,25,27,31). The maximum absolute atomic E-state index is 12.7. The number of hydrogen-bond donors (Lipinski definition) is 2. The summed E-state index contributed by atoms with van der Waals surface area (Å²) in [6, 6.07) is 20.8. The van der Waals surface area contributed by atoms with Crippen molar-refractivity contribution in [3.8, 4) is 5.75 Å². The first-order chi connectivity index (χ1) is 14.9.